The number of hydrogen-bond acceptors (Lipinski definition) is 5. The van der Waals surface area contributed by atoms with Crippen LogP contribution < -0.4 is 10.1 Å². The minimum absolute atomic E-state index is 0.0342. The van der Waals surface area contributed by atoms with Gasteiger partial charge in [0.15, 0.2) is 5.76 Å². The van der Waals surface area contributed by atoms with Crippen LogP contribution in [0.15, 0.2) is 34.9 Å². The third-order valence-corrected chi connectivity index (χ3v) is 3.78. The number of nitrogens with one attached hydrogen (secondary N) is 1. The van der Waals surface area contributed by atoms with Gasteiger partial charge in [0, 0.05) is 23.7 Å². The van der Waals surface area contributed by atoms with Crippen molar-refractivity contribution in [2.45, 2.75) is 52.2 Å². The predicted octanol–water partition coefficient (Wildman–Crippen LogP) is 4.10. The van der Waals surface area contributed by atoms with Crippen LogP contribution in [-0.4, -0.2) is 35.1 Å². The molecule has 0 saturated carbocycles. The van der Waals surface area contributed by atoms with Crippen molar-refractivity contribution in [3.05, 3.63) is 47.3 Å². The number of benzene rings is 1. The molecule has 1 atom stereocenters. The van der Waals surface area contributed by atoms with E-state index < -0.39 is 6.10 Å². The summed E-state index contributed by atoms with van der Waals surface area (Å²) in [6, 6.07) is 9.66. The Morgan fingerprint density at radius 3 is 2.62 bits per heavy atom. The predicted molar refractivity (Wildman–Crippen MR) is 105 cm³/mol. The Balaban J connectivity index is 1.97. The summed E-state index contributed by atoms with van der Waals surface area (Å²) in [4.78, 5) is 0. The van der Waals surface area contributed by atoms with Crippen LogP contribution in [-0.2, 0) is 0 Å². The minimum Gasteiger partial charge on any atom is -0.490 e. The topological polar surface area (TPSA) is 67.5 Å². The zero-order valence-electron chi connectivity index (χ0n) is 16.3. The van der Waals surface area contributed by atoms with E-state index in [1.807, 2.05) is 42.5 Å². The van der Waals surface area contributed by atoms with Crippen molar-refractivity contribution in [3.8, 4) is 5.75 Å². The lowest BCUT2D eigenvalue weighted by Crippen LogP contribution is -2.42. The first-order valence-electron chi connectivity index (χ1n) is 9.04. The summed E-state index contributed by atoms with van der Waals surface area (Å²) in [7, 11) is 0. The second-order valence-corrected chi connectivity index (χ2v) is 7.78. The Labute approximate surface area is 156 Å². The second-order valence-electron chi connectivity index (χ2n) is 7.78. The van der Waals surface area contributed by atoms with Crippen molar-refractivity contribution in [2.75, 3.05) is 13.2 Å². The van der Waals surface area contributed by atoms with Gasteiger partial charge in [-0.1, -0.05) is 37.2 Å². The van der Waals surface area contributed by atoms with E-state index in [2.05, 4.69) is 45.1 Å². The Kier molecular flexibility index (Phi) is 7.00. The maximum absolute atomic E-state index is 10.1. The third kappa shape index (κ3) is 6.65. The molecule has 0 fully saturated rings. The molecule has 0 spiro atoms. The zero-order valence-corrected chi connectivity index (χ0v) is 16.3. The first-order valence-corrected chi connectivity index (χ1v) is 9.04. The van der Waals surface area contributed by atoms with Crippen molar-refractivity contribution < 1.29 is 14.4 Å². The second kappa shape index (κ2) is 9.01. The molecule has 26 heavy (non-hydrogen) atoms. The fraction of sp³-hybridized carbons (Fsp3) is 0.476. The minimum atomic E-state index is -0.575. The van der Waals surface area contributed by atoms with Crippen molar-refractivity contribution in [3.63, 3.8) is 0 Å². The smallest absolute Gasteiger partial charge is 0.159 e. The molecule has 2 rings (SSSR count). The van der Waals surface area contributed by atoms with Crippen molar-refractivity contribution in [2.24, 2.45) is 0 Å². The molecule has 2 N–H and O–H groups in total. The van der Waals surface area contributed by atoms with E-state index >= 15 is 0 Å². The van der Waals surface area contributed by atoms with Crippen LogP contribution in [0, 0.1) is 0 Å². The van der Waals surface area contributed by atoms with Gasteiger partial charge >= 0.3 is 0 Å². The van der Waals surface area contributed by atoms with Gasteiger partial charge in [-0.3, -0.25) is 0 Å². The molecule has 2 aromatic rings. The highest BCUT2D eigenvalue weighted by molar-refractivity contribution is 5.70. The number of aromatic nitrogens is 1. The van der Waals surface area contributed by atoms with Gasteiger partial charge in [-0.25, -0.2) is 0 Å². The Morgan fingerprint density at radius 1 is 1.23 bits per heavy atom. The molecule has 0 radical (unpaired) electrons. The van der Waals surface area contributed by atoms with Gasteiger partial charge in [0.25, 0.3) is 0 Å². The fourth-order valence-electron chi connectivity index (χ4n) is 2.24. The van der Waals surface area contributed by atoms with E-state index in [9.17, 15) is 5.11 Å². The highest BCUT2D eigenvalue weighted by Gasteiger charge is 2.13. The van der Waals surface area contributed by atoms with Crippen LogP contribution in [0.1, 0.15) is 57.6 Å². The Bertz CT molecular complexity index is 714. The summed E-state index contributed by atoms with van der Waals surface area (Å²) >= 11 is 0. The molecular formula is C21H30N2O3. The summed E-state index contributed by atoms with van der Waals surface area (Å²) in [5.74, 6) is 1.76. The zero-order chi connectivity index (χ0) is 19.2. The van der Waals surface area contributed by atoms with E-state index in [0.29, 0.717) is 18.2 Å². The summed E-state index contributed by atoms with van der Waals surface area (Å²) in [6.07, 6.45) is 3.23. The third-order valence-electron chi connectivity index (χ3n) is 3.78. The molecule has 1 aromatic heterocycles. The molecule has 0 aliphatic carbocycles. The largest absolute Gasteiger partial charge is 0.490 e. The van der Waals surface area contributed by atoms with E-state index in [4.69, 9.17) is 9.26 Å². The van der Waals surface area contributed by atoms with Crippen LogP contribution in [0.5, 0.6) is 5.75 Å². The highest BCUT2D eigenvalue weighted by atomic mass is 16.5. The number of β-amino-alcohol motifs (C(OH)–C–C–N with tert-alkyl or cyclic N) is 1. The molecule has 5 nitrogen and oxygen atoms in total. The van der Waals surface area contributed by atoms with Crippen LogP contribution >= 0.6 is 0 Å². The molecule has 0 saturated heterocycles. The molecule has 0 aliphatic rings. The molecule has 1 aromatic carbocycles. The quantitative estimate of drug-likeness (QED) is 0.744. The van der Waals surface area contributed by atoms with Gasteiger partial charge in [-0.15, -0.1) is 0 Å². The van der Waals surface area contributed by atoms with Crippen LogP contribution in [0.25, 0.3) is 12.2 Å². The van der Waals surface area contributed by atoms with E-state index in [-0.39, 0.29) is 12.1 Å². The van der Waals surface area contributed by atoms with Gasteiger partial charge < -0.3 is 19.7 Å². The molecule has 5 heteroatoms. The first kappa shape index (κ1) is 20.2. The lowest BCUT2D eigenvalue weighted by Gasteiger charge is -2.23. The summed E-state index contributed by atoms with van der Waals surface area (Å²) in [5, 5.41) is 17.4. The summed E-state index contributed by atoms with van der Waals surface area (Å²) in [5.41, 5.74) is 1.82. The lowest BCUT2D eigenvalue weighted by molar-refractivity contribution is 0.0999. The standard InChI is InChI=1S/C21H30N2O3/c1-15(2)19-12-18(26-23-19)11-10-16-8-6-7-9-20(16)25-14-17(24)13-22-21(3,4)5/h6-12,15,17,22,24H,13-14H2,1-5H3/b11-10-. The van der Waals surface area contributed by atoms with Gasteiger partial charge in [-0.2, -0.15) is 0 Å². The maximum atomic E-state index is 10.1. The molecule has 1 unspecified atom stereocenters. The molecule has 0 bridgehead atoms. The van der Waals surface area contributed by atoms with Crippen molar-refractivity contribution in [1.29, 1.82) is 0 Å². The van der Waals surface area contributed by atoms with E-state index in [1.54, 1.807) is 0 Å². The van der Waals surface area contributed by atoms with Crippen LogP contribution in [0.3, 0.4) is 0 Å². The first-order chi connectivity index (χ1) is 12.2. The fourth-order valence-corrected chi connectivity index (χ4v) is 2.24. The van der Waals surface area contributed by atoms with Gasteiger partial charge in [0.2, 0.25) is 0 Å². The number of para-hydroxylation sites is 1. The monoisotopic (exact) mass is 358 g/mol. The average molecular weight is 358 g/mol. The van der Waals surface area contributed by atoms with Crippen LogP contribution in [0.2, 0.25) is 0 Å². The molecular weight excluding hydrogens is 328 g/mol. The van der Waals surface area contributed by atoms with Gasteiger partial charge in [-0.05, 0) is 44.9 Å². The molecule has 142 valence electrons. The highest BCUT2D eigenvalue weighted by Crippen LogP contribution is 2.22. The normalized spacial score (nSPS) is 13.5. The Morgan fingerprint density at radius 2 is 1.96 bits per heavy atom. The Hall–Kier alpha value is -2.11. The maximum Gasteiger partial charge on any atom is 0.159 e. The van der Waals surface area contributed by atoms with Crippen LogP contribution in [0.4, 0.5) is 0 Å². The number of nitrogens with zero attached hydrogens (tertiary/aromatic N) is 1. The number of rotatable bonds is 8. The number of ether oxygens (including phenoxy) is 1. The van der Waals surface area contributed by atoms with Crippen molar-refractivity contribution in [1.82, 2.24) is 10.5 Å². The number of aliphatic hydroxyl groups is 1. The number of hydrogen-bond donors (Lipinski definition) is 2. The number of aliphatic hydroxyl groups excluding tert-OH is 1. The average Bonchev–Trinajstić information content (AvgIpc) is 3.05. The molecule has 0 aliphatic heterocycles. The van der Waals surface area contributed by atoms with E-state index in [1.165, 1.54) is 0 Å². The summed E-state index contributed by atoms with van der Waals surface area (Å²) in [6.45, 7) is 11.1. The molecule has 0 amide bonds. The van der Waals surface area contributed by atoms with E-state index in [0.717, 1.165) is 17.0 Å². The van der Waals surface area contributed by atoms with Gasteiger partial charge in [0.1, 0.15) is 18.5 Å². The summed E-state index contributed by atoms with van der Waals surface area (Å²) < 4.78 is 11.1. The SMILES string of the molecule is CC(C)c1cc(/C=C\c2ccccc2OCC(O)CNC(C)(C)C)on1. The van der Waals surface area contributed by atoms with Gasteiger partial charge in [0.05, 0.1) is 5.69 Å². The molecule has 1 heterocycles. The lowest BCUT2D eigenvalue weighted by atomic mass is 10.1. The van der Waals surface area contributed by atoms with Crippen molar-refractivity contribution >= 4 is 12.2 Å².